The van der Waals surface area contributed by atoms with Gasteiger partial charge in [-0.3, -0.25) is 9.79 Å². The van der Waals surface area contributed by atoms with Gasteiger partial charge in [0.15, 0.2) is 5.78 Å². The van der Waals surface area contributed by atoms with Gasteiger partial charge >= 0.3 is 0 Å². The summed E-state index contributed by atoms with van der Waals surface area (Å²) in [5.41, 5.74) is 0.787. The van der Waals surface area contributed by atoms with E-state index >= 15 is 0 Å². The molecule has 0 N–H and O–H groups in total. The lowest BCUT2D eigenvalue weighted by molar-refractivity contribution is 0.100. The third kappa shape index (κ3) is 2.73. The molecule has 4 aromatic carbocycles. The highest BCUT2D eigenvalue weighted by atomic mass is 16.1. The smallest absolute Gasteiger partial charge is 0.184 e. The second-order valence-electron chi connectivity index (χ2n) is 7.72. The fraction of sp³-hybridized carbons (Fsp3) is 0.280. The molecule has 0 amide bonds. The van der Waals surface area contributed by atoms with Crippen molar-refractivity contribution >= 4 is 43.9 Å². The Morgan fingerprint density at radius 1 is 0.964 bits per heavy atom. The topological polar surface area (TPSA) is 32.7 Å². The molecule has 140 valence electrons. The van der Waals surface area contributed by atoms with Crippen LogP contribution in [0, 0.1) is 0 Å². The fourth-order valence-corrected chi connectivity index (χ4v) is 4.63. The summed E-state index contributed by atoms with van der Waals surface area (Å²) >= 11 is 0. The molecule has 4 aromatic rings. The summed E-state index contributed by atoms with van der Waals surface area (Å²) in [7, 11) is 0. The fourth-order valence-electron chi connectivity index (χ4n) is 4.63. The molecule has 1 heterocycles. The second kappa shape index (κ2) is 6.90. The Labute approximate surface area is 165 Å². The first-order chi connectivity index (χ1) is 13.8. The van der Waals surface area contributed by atoms with E-state index in [1.807, 2.05) is 6.07 Å². The van der Waals surface area contributed by atoms with Crippen LogP contribution < -0.4 is 0 Å². The molecule has 1 aliphatic heterocycles. The second-order valence-corrected chi connectivity index (χ2v) is 7.72. The largest absolute Gasteiger partial charge is 0.360 e. The Balaban J connectivity index is 1.56. The summed E-state index contributed by atoms with van der Waals surface area (Å²) in [6.45, 7) is 4.52. The van der Waals surface area contributed by atoms with E-state index in [4.69, 9.17) is 4.99 Å². The zero-order valence-corrected chi connectivity index (χ0v) is 16.2. The van der Waals surface area contributed by atoms with Crippen LogP contribution in [-0.2, 0) is 0 Å². The molecular weight excluding hydrogens is 344 g/mol. The molecule has 0 unspecified atom stereocenters. The Morgan fingerprint density at radius 3 is 2.46 bits per heavy atom. The standard InChI is InChI=1S/C25H24N2O/c1-2-14-27-15-4-7-23(27)26-16-22(28)20-12-10-19-9-8-17-5-3-6-18-11-13-21(20)25(19)24(17)18/h3,5-6,8-13H,2,4,7,14-16H2,1H3. The summed E-state index contributed by atoms with van der Waals surface area (Å²) in [6, 6.07) is 19.0. The van der Waals surface area contributed by atoms with E-state index in [1.165, 1.54) is 26.9 Å². The number of aliphatic imine (C=N–C) groups is 1. The maximum atomic E-state index is 13.1. The van der Waals surface area contributed by atoms with Crippen molar-refractivity contribution < 1.29 is 4.79 Å². The van der Waals surface area contributed by atoms with Gasteiger partial charge in [-0.05, 0) is 45.2 Å². The third-order valence-electron chi connectivity index (χ3n) is 5.92. The normalized spacial score (nSPS) is 16.2. The first-order valence-corrected chi connectivity index (χ1v) is 10.2. The van der Waals surface area contributed by atoms with E-state index in [0.717, 1.165) is 49.1 Å². The first-order valence-electron chi connectivity index (χ1n) is 10.2. The quantitative estimate of drug-likeness (QED) is 0.336. The minimum absolute atomic E-state index is 0.105. The van der Waals surface area contributed by atoms with Crippen molar-refractivity contribution in [3.05, 3.63) is 60.2 Å². The van der Waals surface area contributed by atoms with Crippen molar-refractivity contribution in [2.45, 2.75) is 26.2 Å². The van der Waals surface area contributed by atoms with Gasteiger partial charge in [-0.2, -0.15) is 0 Å². The molecule has 0 saturated carbocycles. The maximum Gasteiger partial charge on any atom is 0.184 e. The summed E-state index contributed by atoms with van der Waals surface area (Å²) in [5, 5.41) is 7.13. The van der Waals surface area contributed by atoms with Crippen LogP contribution in [0.25, 0.3) is 32.3 Å². The first kappa shape index (κ1) is 17.2. The van der Waals surface area contributed by atoms with Gasteiger partial charge in [-0.25, -0.2) is 0 Å². The number of benzene rings is 4. The molecular formula is C25H24N2O. The summed E-state index contributed by atoms with van der Waals surface area (Å²) < 4.78 is 0. The number of rotatable bonds is 5. The van der Waals surface area contributed by atoms with Crippen molar-refractivity contribution in [2.75, 3.05) is 19.6 Å². The lowest BCUT2D eigenvalue weighted by Gasteiger charge is -2.17. The van der Waals surface area contributed by atoms with Gasteiger partial charge in [-0.1, -0.05) is 61.5 Å². The molecule has 1 fully saturated rings. The molecule has 0 radical (unpaired) electrons. The molecule has 1 saturated heterocycles. The SMILES string of the molecule is CCCN1CCCC1=NCC(=O)c1ccc2ccc3cccc4ccc1c2c34. The van der Waals surface area contributed by atoms with Gasteiger partial charge in [0.25, 0.3) is 0 Å². The van der Waals surface area contributed by atoms with Crippen LogP contribution in [0.4, 0.5) is 0 Å². The molecule has 5 rings (SSSR count). The van der Waals surface area contributed by atoms with Crippen LogP contribution in [0.1, 0.15) is 36.5 Å². The number of nitrogens with zero attached hydrogens (tertiary/aromatic N) is 2. The van der Waals surface area contributed by atoms with Crippen molar-refractivity contribution in [2.24, 2.45) is 4.99 Å². The van der Waals surface area contributed by atoms with Crippen LogP contribution >= 0.6 is 0 Å². The van der Waals surface area contributed by atoms with E-state index in [2.05, 4.69) is 60.4 Å². The molecule has 0 aliphatic carbocycles. The molecule has 3 heteroatoms. The number of hydrogen-bond donors (Lipinski definition) is 0. The van der Waals surface area contributed by atoms with E-state index in [0.29, 0.717) is 0 Å². The van der Waals surface area contributed by atoms with E-state index < -0.39 is 0 Å². The van der Waals surface area contributed by atoms with E-state index in [-0.39, 0.29) is 12.3 Å². The van der Waals surface area contributed by atoms with Crippen molar-refractivity contribution in [1.29, 1.82) is 0 Å². The molecule has 1 aliphatic rings. The number of carbonyl (C=O) groups is 1. The highest BCUT2D eigenvalue weighted by Crippen LogP contribution is 2.36. The molecule has 3 nitrogen and oxygen atoms in total. The molecule has 0 aromatic heterocycles. The Morgan fingerprint density at radius 2 is 1.68 bits per heavy atom. The van der Waals surface area contributed by atoms with Crippen LogP contribution in [0.2, 0.25) is 0 Å². The number of hydrogen-bond acceptors (Lipinski definition) is 2. The zero-order chi connectivity index (χ0) is 19.1. The van der Waals surface area contributed by atoms with Crippen molar-refractivity contribution in [1.82, 2.24) is 4.90 Å². The average Bonchev–Trinajstić information content (AvgIpc) is 3.17. The van der Waals surface area contributed by atoms with Crippen molar-refractivity contribution in [3.63, 3.8) is 0 Å². The van der Waals surface area contributed by atoms with E-state index in [9.17, 15) is 4.79 Å². The molecule has 28 heavy (non-hydrogen) atoms. The van der Waals surface area contributed by atoms with Gasteiger partial charge in [-0.15, -0.1) is 0 Å². The minimum atomic E-state index is 0.105. The molecule has 0 spiro atoms. The van der Waals surface area contributed by atoms with Gasteiger partial charge in [0.2, 0.25) is 0 Å². The highest BCUT2D eigenvalue weighted by molar-refractivity contribution is 6.26. The summed E-state index contributed by atoms with van der Waals surface area (Å²) in [4.78, 5) is 20.1. The lowest BCUT2D eigenvalue weighted by Crippen LogP contribution is -2.26. The monoisotopic (exact) mass is 368 g/mol. The van der Waals surface area contributed by atoms with E-state index in [1.54, 1.807) is 0 Å². The zero-order valence-electron chi connectivity index (χ0n) is 16.2. The van der Waals surface area contributed by atoms with Gasteiger partial charge in [0.05, 0.1) is 5.84 Å². The predicted molar refractivity (Wildman–Crippen MR) is 118 cm³/mol. The van der Waals surface area contributed by atoms with Crippen LogP contribution in [0.15, 0.2) is 59.6 Å². The van der Waals surface area contributed by atoms with Crippen LogP contribution in [0.5, 0.6) is 0 Å². The summed E-state index contributed by atoms with van der Waals surface area (Å²) in [6.07, 6.45) is 3.25. The Kier molecular flexibility index (Phi) is 4.23. The molecule has 0 bridgehead atoms. The van der Waals surface area contributed by atoms with Gasteiger partial charge in [0.1, 0.15) is 6.54 Å². The number of likely N-dealkylation sites (tertiary alicyclic amines) is 1. The molecule has 0 atom stereocenters. The number of carbonyl (C=O) groups excluding carboxylic acids is 1. The lowest BCUT2D eigenvalue weighted by atomic mass is 9.91. The average molecular weight is 368 g/mol. The maximum absolute atomic E-state index is 13.1. The predicted octanol–water partition coefficient (Wildman–Crippen LogP) is 5.67. The number of amidine groups is 1. The number of Topliss-reactive ketones (excluding diaryl/α,β-unsaturated/α-hetero) is 1. The minimum Gasteiger partial charge on any atom is -0.360 e. The van der Waals surface area contributed by atoms with Crippen LogP contribution in [0.3, 0.4) is 0 Å². The van der Waals surface area contributed by atoms with Crippen molar-refractivity contribution in [3.8, 4) is 0 Å². The van der Waals surface area contributed by atoms with Crippen LogP contribution in [-0.4, -0.2) is 36.2 Å². The Hall–Kier alpha value is -2.94. The third-order valence-corrected chi connectivity index (χ3v) is 5.92. The van der Waals surface area contributed by atoms with Gasteiger partial charge < -0.3 is 4.90 Å². The summed E-state index contributed by atoms with van der Waals surface area (Å²) in [5.74, 6) is 1.21. The van der Waals surface area contributed by atoms with Gasteiger partial charge in [0, 0.05) is 25.1 Å². The Bertz CT molecular complexity index is 1190. The highest BCUT2D eigenvalue weighted by Gasteiger charge is 2.19. The number of ketones is 1.